The van der Waals surface area contributed by atoms with E-state index in [0.29, 0.717) is 85.7 Å². The summed E-state index contributed by atoms with van der Waals surface area (Å²) in [6, 6.07) is 0. The van der Waals surface area contributed by atoms with Gasteiger partial charge in [-0.1, -0.05) is 58.3 Å². The van der Waals surface area contributed by atoms with Crippen LogP contribution in [0.3, 0.4) is 0 Å². The number of unbranched alkanes of at least 4 members (excludes halogenated alkanes) is 8. The highest BCUT2D eigenvalue weighted by atomic mass is 16.6. The van der Waals surface area contributed by atoms with E-state index in [2.05, 4.69) is 11.8 Å². The van der Waals surface area contributed by atoms with Gasteiger partial charge < -0.3 is 38.1 Å². The first-order valence-electron chi connectivity index (χ1n) is 14.4. The summed E-state index contributed by atoms with van der Waals surface area (Å²) in [5.74, 6) is -0.128. The molecule has 0 saturated heterocycles. The predicted octanol–water partition coefficient (Wildman–Crippen LogP) is 4.11. The van der Waals surface area contributed by atoms with Crippen LogP contribution in [0.4, 0.5) is 0 Å². The molecular weight excluding hydrogens is 478 g/mol. The van der Waals surface area contributed by atoms with Crippen molar-refractivity contribution in [1.82, 2.24) is 4.90 Å². The molecule has 0 aliphatic rings. The standard InChI is InChI=1S/C28H57NO8/c1-4-5-6-7-8-9-10-11-12-13-28(30)37-27-26-36-25-24-35-23-22-34-21-20-33-19-18-32-17-16-31-15-14-29(2)3/h4-27H2,1-3H3. The molecule has 9 heteroatoms. The molecular formula is C28H57NO8. The van der Waals surface area contributed by atoms with Crippen molar-refractivity contribution in [3.63, 3.8) is 0 Å². The molecule has 0 aromatic rings. The summed E-state index contributed by atoms with van der Waals surface area (Å²) >= 11 is 0. The normalized spacial score (nSPS) is 11.5. The van der Waals surface area contributed by atoms with Gasteiger partial charge >= 0.3 is 5.97 Å². The van der Waals surface area contributed by atoms with Gasteiger partial charge in [-0.05, 0) is 20.5 Å². The lowest BCUT2D eigenvalue weighted by atomic mass is 10.1. The van der Waals surface area contributed by atoms with Crippen molar-refractivity contribution < 1.29 is 38.0 Å². The fourth-order valence-electron chi connectivity index (χ4n) is 3.32. The number of carbonyl (C=O) groups excluding carboxylic acids is 1. The fraction of sp³-hybridized carbons (Fsp3) is 0.964. The molecule has 0 amide bonds. The van der Waals surface area contributed by atoms with Gasteiger partial charge in [0.25, 0.3) is 0 Å². The average Bonchev–Trinajstić information content (AvgIpc) is 2.88. The Bertz CT molecular complexity index is 454. The first-order valence-corrected chi connectivity index (χ1v) is 14.4. The minimum Gasteiger partial charge on any atom is -0.463 e. The molecule has 0 heterocycles. The molecule has 0 N–H and O–H groups in total. The van der Waals surface area contributed by atoms with Crippen molar-refractivity contribution in [1.29, 1.82) is 0 Å². The van der Waals surface area contributed by atoms with E-state index in [1.807, 2.05) is 14.1 Å². The lowest BCUT2D eigenvalue weighted by Gasteiger charge is -2.10. The van der Waals surface area contributed by atoms with E-state index >= 15 is 0 Å². The summed E-state index contributed by atoms with van der Waals surface area (Å²) in [6.07, 6.45) is 11.7. The summed E-state index contributed by atoms with van der Waals surface area (Å²) < 4.78 is 37.9. The van der Waals surface area contributed by atoms with E-state index in [0.717, 1.165) is 26.0 Å². The highest BCUT2D eigenvalue weighted by Crippen LogP contribution is 2.10. The van der Waals surface area contributed by atoms with Gasteiger partial charge in [0.05, 0.1) is 79.3 Å². The molecule has 0 bridgehead atoms. The third kappa shape index (κ3) is 33.2. The summed E-state index contributed by atoms with van der Waals surface area (Å²) in [5.41, 5.74) is 0. The zero-order valence-corrected chi connectivity index (χ0v) is 24.2. The number of rotatable bonds is 31. The Morgan fingerprint density at radius 2 is 0.838 bits per heavy atom. The van der Waals surface area contributed by atoms with E-state index in [9.17, 15) is 4.79 Å². The van der Waals surface area contributed by atoms with Gasteiger partial charge in [-0.25, -0.2) is 0 Å². The molecule has 0 fully saturated rings. The van der Waals surface area contributed by atoms with Crippen LogP contribution >= 0.6 is 0 Å². The maximum Gasteiger partial charge on any atom is 0.305 e. The number of carbonyl (C=O) groups is 1. The van der Waals surface area contributed by atoms with Crippen LogP contribution in [0.5, 0.6) is 0 Å². The van der Waals surface area contributed by atoms with Gasteiger partial charge in [0.2, 0.25) is 0 Å². The Morgan fingerprint density at radius 1 is 0.486 bits per heavy atom. The maximum atomic E-state index is 11.7. The van der Waals surface area contributed by atoms with Crippen molar-refractivity contribution in [2.75, 3.05) is 107 Å². The number of hydrogen-bond acceptors (Lipinski definition) is 9. The number of likely N-dealkylation sites (N-methyl/N-ethyl adjacent to an activating group) is 1. The topological polar surface area (TPSA) is 84.9 Å². The van der Waals surface area contributed by atoms with Gasteiger partial charge in [-0.2, -0.15) is 0 Å². The fourth-order valence-corrected chi connectivity index (χ4v) is 3.32. The molecule has 0 radical (unpaired) electrons. The first kappa shape index (κ1) is 36.2. The van der Waals surface area contributed by atoms with Gasteiger partial charge in [0.15, 0.2) is 0 Å². The molecule has 9 nitrogen and oxygen atoms in total. The first-order chi connectivity index (χ1) is 18.2. The lowest BCUT2D eigenvalue weighted by molar-refractivity contribution is -0.145. The molecule has 222 valence electrons. The van der Waals surface area contributed by atoms with Gasteiger partial charge in [0.1, 0.15) is 6.61 Å². The van der Waals surface area contributed by atoms with Crippen molar-refractivity contribution in [3.05, 3.63) is 0 Å². The summed E-state index contributed by atoms with van der Waals surface area (Å²) in [5, 5.41) is 0. The van der Waals surface area contributed by atoms with E-state index < -0.39 is 0 Å². The molecule has 0 aliphatic heterocycles. The largest absolute Gasteiger partial charge is 0.463 e. The lowest BCUT2D eigenvalue weighted by Crippen LogP contribution is -2.19. The van der Waals surface area contributed by atoms with Crippen molar-refractivity contribution in [2.24, 2.45) is 0 Å². The molecule has 0 aliphatic carbocycles. The van der Waals surface area contributed by atoms with Crippen molar-refractivity contribution in [3.8, 4) is 0 Å². The quantitative estimate of drug-likeness (QED) is 0.0961. The average molecular weight is 536 g/mol. The van der Waals surface area contributed by atoms with Gasteiger partial charge in [-0.3, -0.25) is 4.79 Å². The van der Waals surface area contributed by atoms with Crippen LogP contribution in [-0.4, -0.2) is 117 Å². The van der Waals surface area contributed by atoms with Crippen LogP contribution in [0.25, 0.3) is 0 Å². The van der Waals surface area contributed by atoms with E-state index in [-0.39, 0.29) is 5.97 Å². The zero-order valence-electron chi connectivity index (χ0n) is 24.2. The highest BCUT2D eigenvalue weighted by Gasteiger charge is 2.02. The summed E-state index contributed by atoms with van der Waals surface area (Å²) in [6.45, 7) is 9.90. The third-order valence-electron chi connectivity index (χ3n) is 5.52. The molecule has 0 rings (SSSR count). The van der Waals surface area contributed by atoms with Crippen LogP contribution < -0.4 is 0 Å². The molecule has 0 atom stereocenters. The predicted molar refractivity (Wildman–Crippen MR) is 146 cm³/mol. The van der Waals surface area contributed by atoms with Crippen LogP contribution in [0.15, 0.2) is 0 Å². The number of nitrogens with zero attached hydrogens (tertiary/aromatic N) is 1. The van der Waals surface area contributed by atoms with Crippen LogP contribution in [0.2, 0.25) is 0 Å². The molecule has 0 unspecified atom stereocenters. The number of ether oxygens (including phenoxy) is 7. The molecule has 0 aromatic carbocycles. The number of esters is 1. The molecule has 37 heavy (non-hydrogen) atoms. The minimum atomic E-state index is -0.128. The van der Waals surface area contributed by atoms with Crippen molar-refractivity contribution >= 4 is 5.97 Å². The van der Waals surface area contributed by atoms with Gasteiger partial charge in [0, 0.05) is 13.0 Å². The van der Waals surface area contributed by atoms with E-state index in [4.69, 9.17) is 33.2 Å². The monoisotopic (exact) mass is 535 g/mol. The SMILES string of the molecule is CCCCCCCCCCCC(=O)OCCOCCOCCOCCOCCOCCOCCN(C)C. The number of hydrogen-bond donors (Lipinski definition) is 0. The summed E-state index contributed by atoms with van der Waals surface area (Å²) in [7, 11) is 4.04. The Morgan fingerprint density at radius 3 is 1.24 bits per heavy atom. The second kappa shape index (κ2) is 31.4. The molecule has 0 saturated carbocycles. The Balaban J connectivity index is 3.12. The van der Waals surface area contributed by atoms with Crippen LogP contribution in [0, 0.1) is 0 Å². The van der Waals surface area contributed by atoms with Crippen LogP contribution in [-0.2, 0) is 38.0 Å². The Kier molecular flexibility index (Phi) is 30.7. The second-order valence-corrected chi connectivity index (χ2v) is 9.28. The molecule has 0 aromatic heterocycles. The summed E-state index contributed by atoms with van der Waals surface area (Å²) in [4.78, 5) is 13.8. The third-order valence-corrected chi connectivity index (χ3v) is 5.52. The van der Waals surface area contributed by atoms with E-state index in [1.165, 1.54) is 44.9 Å². The zero-order chi connectivity index (χ0) is 27.1. The Hall–Kier alpha value is -0.810. The maximum absolute atomic E-state index is 11.7. The van der Waals surface area contributed by atoms with E-state index in [1.54, 1.807) is 0 Å². The Labute approximate surface area is 226 Å². The van der Waals surface area contributed by atoms with Crippen LogP contribution in [0.1, 0.15) is 71.1 Å². The second-order valence-electron chi connectivity index (χ2n) is 9.28. The van der Waals surface area contributed by atoms with Gasteiger partial charge in [-0.15, -0.1) is 0 Å². The highest BCUT2D eigenvalue weighted by molar-refractivity contribution is 5.69. The van der Waals surface area contributed by atoms with Crippen molar-refractivity contribution in [2.45, 2.75) is 71.1 Å². The smallest absolute Gasteiger partial charge is 0.305 e. The minimum absolute atomic E-state index is 0.128. The molecule has 0 spiro atoms.